The molecule has 174 valence electrons. The number of benzene rings is 2. The summed E-state index contributed by atoms with van der Waals surface area (Å²) in [5, 5.41) is 12.6. The number of hydrazine groups is 1. The first-order chi connectivity index (χ1) is 16.9. The minimum absolute atomic E-state index is 0.0466. The summed E-state index contributed by atoms with van der Waals surface area (Å²) >= 11 is 0. The first-order valence-electron chi connectivity index (χ1n) is 10.9. The maximum absolute atomic E-state index is 12.3. The summed E-state index contributed by atoms with van der Waals surface area (Å²) in [5.41, 5.74) is 7.22. The van der Waals surface area contributed by atoms with Gasteiger partial charge in [0.15, 0.2) is 0 Å². The van der Waals surface area contributed by atoms with Crippen LogP contribution in [0.3, 0.4) is 0 Å². The molecule has 1 unspecified atom stereocenters. The monoisotopic (exact) mass is 465 g/mol. The van der Waals surface area contributed by atoms with E-state index in [0.717, 1.165) is 22.4 Å². The molecule has 2 aromatic heterocycles. The first kappa shape index (κ1) is 23.4. The Bertz CT molecular complexity index is 1440. The molecule has 0 fully saturated rings. The van der Waals surface area contributed by atoms with Gasteiger partial charge in [0.05, 0.1) is 23.2 Å². The van der Waals surface area contributed by atoms with Gasteiger partial charge >= 0.3 is 5.97 Å². The Morgan fingerprint density at radius 1 is 1.03 bits per heavy atom. The number of carbonyl (C=O) groups is 2. The normalized spacial score (nSPS) is 11.3. The zero-order valence-corrected chi connectivity index (χ0v) is 18.9. The van der Waals surface area contributed by atoms with Crippen molar-refractivity contribution in [3.8, 4) is 23.1 Å². The number of nitrogens with one attached hydrogen (secondary N) is 2. The zero-order chi connectivity index (χ0) is 24.8. The highest BCUT2D eigenvalue weighted by Crippen LogP contribution is 2.24. The molecule has 0 aliphatic heterocycles. The van der Waals surface area contributed by atoms with Crippen molar-refractivity contribution in [1.82, 2.24) is 15.4 Å². The van der Waals surface area contributed by atoms with Crippen LogP contribution in [0.2, 0.25) is 0 Å². The predicted molar refractivity (Wildman–Crippen MR) is 134 cm³/mol. The van der Waals surface area contributed by atoms with Crippen molar-refractivity contribution in [2.75, 3.05) is 5.32 Å². The molecule has 2 aromatic carbocycles. The summed E-state index contributed by atoms with van der Waals surface area (Å²) in [6.07, 6.45) is 3.26. The van der Waals surface area contributed by atoms with Crippen LogP contribution in [-0.4, -0.2) is 33.0 Å². The van der Waals surface area contributed by atoms with Crippen LogP contribution in [-0.2, 0) is 4.79 Å². The average Bonchev–Trinajstić information content (AvgIpc) is 2.87. The predicted octanol–water partition coefficient (Wildman–Crippen LogP) is 3.58. The largest absolute Gasteiger partial charge is 0.481 e. The standard InChI is InChI=1S/C27H23N5O3/c1-17(14-26(33)34)30-21-10-6-19(7-11-21)3-2-18-4-8-20(9-5-18)25-15-22(27(35)32-28)23-16-29-13-12-24(23)31-25/h4-13,15-17,30H,14,28H2,1H3,(H,32,35)(H,33,34). The number of carbonyl (C=O) groups excluding carboxylic acids is 1. The molecule has 35 heavy (non-hydrogen) atoms. The molecule has 1 atom stereocenters. The van der Waals surface area contributed by atoms with E-state index < -0.39 is 11.9 Å². The molecule has 4 rings (SSSR count). The van der Waals surface area contributed by atoms with E-state index in [0.29, 0.717) is 22.2 Å². The van der Waals surface area contributed by atoms with E-state index in [4.69, 9.17) is 10.9 Å². The lowest BCUT2D eigenvalue weighted by atomic mass is 10.0. The third kappa shape index (κ3) is 5.79. The molecule has 0 saturated carbocycles. The molecule has 4 aromatic rings. The summed E-state index contributed by atoms with van der Waals surface area (Å²) in [6, 6.07) is 18.4. The van der Waals surface area contributed by atoms with Gasteiger partial charge in [0.2, 0.25) is 0 Å². The highest BCUT2D eigenvalue weighted by Gasteiger charge is 2.13. The Morgan fingerprint density at radius 2 is 1.69 bits per heavy atom. The minimum Gasteiger partial charge on any atom is -0.481 e. The molecular formula is C27H23N5O3. The molecule has 0 aliphatic rings. The Labute approximate surface area is 202 Å². The van der Waals surface area contributed by atoms with E-state index >= 15 is 0 Å². The molecule has 1 amide bonds. The highest BCUT2D eigenvalue weighted by atomic mass is 16.4. The fraction of sp³-hybridized carbons (Fsp3) is 0.111. The number of pyridine rings is 2. The van der Waals surface area contributed by atoms with Crippen LogP contribution >= 0.6 is 0 Å². The molecule has 0 saturated heterocycles. The van der Waals surface area contributed by atoms with Gasteiger partial charge in [0.25, 0.3) is 5.91 Å². The molecule has 0 spiro atoms. The maximum atomic E-state index is 12.3. The lowest BCUT2D eigenvalue weighted by Crippen LogP contribution is -2.30. The number of carboxylic acid groups (broad SMARTS) is 1. The fourth-order valence-corrected chi connectivity index (χ4v) is 3.60. The summed E-state index contributed by atoms with van der Waals surface area (Å²) < 4.78 is 0. The Hall–Kier alpha value is -4.74. The number of hydrogen-bond acceptors (Lipinski definition) is 6. The third-order valence-corrected chi connectivity index (χ3v) is 5.30. The van der Waals surface area contributed by atoms with Crippen LogP contribution in [0, 0.1) is 11.8 Å². The molecule has 8 nitrogen and oxygen atoms in total. The van der Waals surface area contributed by atoms with Crippen molar-refractivity contribution in [3.05, 3.63) is 89.7 Å². The van der Waals surface area contributed by atoms with Crippen LogP contribution in [0.25, 0.3) is 22.2 Å². The quantitative estimate of drug-likeness (QED) is 0.148. The average molecular weight is 466 g/mol. The van der Waals surface area contributed by atoms with Gasteiger partial charge in [-0.15, -0.1) is 0 Å². The van der Waals surface area contributed by atoms with Gasteiger partial charge in [-0.2, -0.15) is 0 Å². The number of fused-ring (bicyclic) bond motifs is 1. The van der Waals surface area contributed by atoms with Crippen molar-refractivity contribution >= 4 is 28.5 Å². The summed E-state index contributed by atoms with van der Waals surface area (Å²) in [4.78, 5) is 31.8. The van der Waals surface area contributed by atoms with Crippen LogP contribution in [0.1, 0.15) is 34.8 Å². The van der Waals surface area contributed by atoms with Crippen LogP contribution < -0.4 is 16.6 Å². The number of rotatable bonds is 6. The van der Waals surface area contributed by atoms with Crippen molar-refractivity contribution in [1.29, 1.82) is 0 Å². The topological polar surface area (TPSA) is 130 Å². The molecule has 2 heterocycles. The lowest BCUT2D eigenvalue weighted by Gasteiger charge is -2.12. The van der Waals surface area contributed by atoms with Crippen molar-refractivity contribution < 1.29 is 14.7 Å². The van der Waals surface area contributed by atoms with Crippen molar-refractivity contribution in [2.45, 2.75) is 19.4 Å². The van der Waals surface area contributed by atoms with Gasteiger partial charge in [0, 0.05) is 46.2 Å². The second kappa shape index (κ2) is 10.5. The van der Waals surface area contributed by atoms with Gasteiger partial charge in [-0.05, 0) is 55.5 Å². The number of hydrogen-bond donors (Lipinski definition) is 4. The third-order valence-electron chi connectivity index (χ3n) is 5.30. The Kier molecular flexibility index (Phi) is 7.00. The number of aromatic nitrogens is 2. The molecule has 0 aliphatic carbocycles. The first-order valence-corrected chi connectivity index (χ1v) is 10.9. The minimum atomic E-state index is -0.839. The number of carboxylic acids is 1. The molecule has 8 heteroatoms. The smallest absolute Gasteiger partial charge is 0.305 e. The Balaban J connectivity index is 1.51. The van der Waals surface area contributed by atoms with E-state index in [1.165, 1.54) is 0 Å². The van der Waals surface area contributed by atoms with Gasteiger partial charge in [0.1, 0.15) is 0 Å². The van der Waals surface area contributed by atoms with E-state index in [9.17, 15) is 9.59 Å². The molecular weight excluding hydrogens is 442 g/mol. The van der Waals surface area contributed by atoms with E-state index in [1.807, 2.05) is 55.5 Å². The van der Waals surface area contributed by atoms with Crippen LogP contribution in [0.5, 0.6) is 0 Å². The second-order valence-electron chi connectivity index (χ2n) is 7.97. The van der Waals surface area contributed by atoms with Crippen LogP contribution in [0.15, 0.2) is 73.1 Å². The number of nitrogen functional groups attached to an aromatic ring is 1. The van der Waals surface area contributed by atoms with E-state index in [-0.39, 0.29) is 12.5 Å². The summed E-state index contributed by atoms with van der Waals surface area (Å²) in [5.74, 6) is 10.4. The molecule has 5 N–H and O–H groups in total. The maximum Gasteiger partial charge on any atom is 0.305 e. The van der Waals surface area contributed by atoms with Gasteiger partial charge < -0.3 is 10.4 Å². The molecule has 0 radical (unpaired) electrons. The SMILES string of the molecule is CC(CC(=O)O)Nc1ccc(C#Cc2ccc(-c3cc(C(=O)NN)c4cnccc4n3)cc2)cc1. The van der Waals surface area contributed by atoms with Crippen LogP contribution in [0.4, 0.5) is 5.69 Å². The van der Waals surface area contributed by atoms with Crippen molar-refractivity contribution in [2.24, 2.45) is 5.84 Å². The number of anilines is 1. The van der Waals surface area contributed by atoms with Crippen molar-refractivity contribution in [3.63, 3.8) is 0 Å². The fourth-order valence-electron chi connectivity index (χ4n) is 3.60. The lowest BCUT2D eigenvalue weighted by molar-refractivity contribution is -0.137. The summed E-state index contributed by atoms with van der Waals surface area (Å²) in [6.45, 7) is 1.82. The number of nitrogens with zero attached hydrogens (tertiary/aromatic N) is 2. The molecule has 0 bridgehead atoms. The van der Waals surface area contributed by atoms with Gasteiger partial charge in [-0.3, -0.25) is 20.0 Å². The van der Waals surface area contributed by atoms with E-state index in [1.54, 1.807) is 24.5 Å². The van der Waals surface area contributed by atoms with E-state index in [2.05, 4.69) is 32.6 Å². The summed E-state index contributed by atoms with van der Waals surface area (Å²) in [7, 11) is 0. The van der Waals surface area contributed by atoms with Gasteiger partial charge in [-0.1, -0.05) is 24.0 Å². The van der Waals surface area contributed by atoms with Gasteiger partial charge in [-0.25, -0.2) is 10.8 Å². The number of nitrogens with two attached hydrogens (primary N) is 1. The number of aliphatic carboxylic acids is 1. The number of amides is 1. The Morgan fingerprint density at radius 3 is 2.31 bits per heavy atom. The highest BCUT2D eigenvalue weighted by molar-refractivity contribution is 6.06. The zero-order valence-electron chi connectivity index (χ0n) is 18.9. The second-order valence-corrected chi connectivity index (χ2v) is 7.97.